The Bertz CT molecular complexity index is 452. The Morgan fingerprint density at radius 2 is 2.22 bits per heavy atom. The Hall–Kier alpha value is -1.35. The molecule has 1 aromatic rings. The lowest BCUT2D eigenvalue weighted by Gasteiger charge is -2.25. The van der Waals surface area contributed by atoms with E-state index in [1.165, 1.54) is 11.1 Å². The maximum Gasteiger partial charge on any atom is 0.230 e. The molecular weight excluding hydrogens is 224 g/mol. The van der Waals surface area contributed by atoms with Gasteiger partial charge in [0.25, 0.3) is 0 Å². The second-order valence-electron chi connectivity index (χ2n) is 5.56. The van der Waals surface area contributed by atoms with Crippen molar-refractivity contribution in [2.75, 3.05) is 11.9 Å². The van der Waals surface area contributed by atoms with Crippen molar-refractivity contribution in [3.63, 3.8) is 0 Å². The number of carbonyl (C=O) groups is 1. The zero-order valence-corrected chi connectivity index (χ0v) is 11.5. The van der Waals surface area contributed by atoms with Gasteiger partial charge in [-0.2, -0.15) is 0 Å². The highest BCUT2D eigenvalue weighted by Crippen LogP contribution is 2.26. The van der Waals surface area contributed by atoms with E-state index in [-0.39, 0.29) is 11.3 Å². The van der Waals surface area contributed by atoms with Crippen LogP contribution in [0.1, 0.15) is 38.3 Å². The summed E-state index contributed by atoms with van der Waals surface area (Å²) in [6, 6.07) is 6.17. The van der Waals surface area contributed by atoms with Gasteiger partial charge in [0.05, 0.1) is 0 Å². The van der Waals surface area contributed by atoms with Crippen molar-refractivity contribution in [3.05, 3.63) is 29.3 Å². The lowest BCUT2D eigenvalue weighted by Crippen LogP contribution is -2.31. The van der Waals surface area contributed by atoms with Gasteiger partial charge in [0.15, 0.2) is 0 Å². The van der Waals surface area contributed by atoms with Crippen molar-refractivity contribution in [2.24, 2.45) is 5.41 Å². The van der Waals surface area contributed by atoms with Gasteiger partial charge < -0.3 is 10.6 Å². The molecule has 1 aliphatic heterocycles. The molecule has 0 saturated heterocycles. The fourth-order valence-electron chi connectivity index (χ4n) is 2.08. The standard InChI is InChI=1S/C15H22N2O/c1-4-15(2,3)14(18)17-13-7-5-6-11-8-9-16-10-12(11)13/h5-7,16H,4,8-10H2,1-3H3,(H,17,18). The highest BCUT2D eigenvalue weighted by molar-refractivity contribution is 5.95. The van der Waals surface area contributed by atoms with E-state index in [9.17, 15) is 4.79 Å². The summed E-state index contributed by atoms with van der Waals surface area (Å²) >= 11 is 0. The first-order valence-electron chi connectivity index (χ1n) is 6.67. The van der Waals surface area contributed by atoms with Crippen LogP contribution in [0.15, 0.2) is 18.2 Å². The van der Waals surface area contributed by atoms with E-state index >= 15 is 0 Å². The van der Waals surface area contributed by atoms with Gasteiger partial charge >= 0.3 is 0 Å². The minimum atomic E-state index is -0.315. The molecule has 0 aromatic heterocycles. The molecule has 3 nitrogen and oxygen atoms in total. The van der Waals surface area contributed by atoms with Gasteiger partial charge in [-0.25, -0.2) is 0 Å². The molecule has 0 spiro atoms. The topological polar surface area (TPSA) is 41.1 Å². The SMILES string of the molecule is CCC(C)(C)C(=O)Nc1cccc2c1CNCC2. The second kappa shape index (κ2) is 5.11. The predicted octanol–water partition coefficient (Wildman–Crippen LogP) is 2.71. The van der Waals surface area contributed by atoms with Crippen LogP contribution >= 0.6 is 0 Å². The lowest BCUT2D eigenvalue weighted by molar-refractivity contribution is -0.124. The van der Waals surface area contributed by atoms with Crippen molar-refractivity contribution in [3.8, 4) is 0 Å². The fourth-order valence-corrected chi connectivity index (χ4v) is 2.08. The fraction of sp³-hybridized carbons (Fsp3) is 0.533. The van der Waals surface area contributed by atoms with Crippen molar-refractivity contribution < 1.29 is 4.79 Å². The zero-order valence-electron chi connectivity index (χ0n) is 11.5. The van der Waals surface area contributed by atoms with E-state index in [1.807, 2.05) is 32.9 Å². The lowest BCUT2D eigenvalue weighted by atomic mass is 9.89. The van der Waals surface area contributed by atoms with Gasteiger partial charge in [-0.15, -0.1) is 0 Å². The molecule has 2 N–H and O–H groups in total. The molecule has 0 saturated carbocycles. The Kier molecular flexibility index (Phi) is 3.71. The molecule has 0 unspecified atom stereocenters. The molecule has 0 bridgehead atoms. The van der Waals surface area contributed by atoms with E-state index in [4.69, 9.17) is 0 Å². The minimum absolute atomic E-state index is 0.101. The summed E-state index contributed by atoms with van der Waals surface area (Å²) in [5.74, 6) is 0.101. The molecule has 2 rings (SSSR count). The molecule has 18 heavy (non-hydrogen) atoms. The van der Waals surface area contributed by atoms with Crippen LogP contribution in [0.5, 0.6) is 0 Å². The summed E-state index contributed by atoms with van der Waals surface area (Å²) in [5, 5.41) is 6.44. The molecule has 98 valence electrons. The van der Waals surface area contributed by atoms with Gasteiger partial charge in [-0.05, 0) is 36.6 Å². The first-order valence-corrected chi connectivity index (χ1v) is 6.67. The molecule has 0 atom stereocenters. The third-order valence-corrected chi connectivity index (χ3v) is 3.89. The van der Waals surface area contributed by atoms with Gasteiger partial charge in [0.2, 0.25) is 5.91 Å². The number of anilines is 1. The molecule has 1 aliphatic rings. The Morgan fingerprint density at radius 3 is 2.94 bits per heavy atom. The molecule has 1 aromatic carbocycles. The number of nitrogens with one attached hydrogen (secondary N) is 2. The quantitative estimate of drug-likeness (QED) is 0.861. The Morgan fingerprint density at radius 1 is 1.44 bits per heavy atom. The Labute approximate surface area is 109 Å². The molecule has 3 heteroatoms. The number of fused-ring (bicyclic) bond motifs is 1. The van der Waals surface area contributed by atoms with Crippen LogP contribution in [0.25, 0.3) is 0 Å². The number of carbonyl (C=O) groups excluding carboxylic acids is 1. The maximum atomic E-state index is 12.2. The minimum Gasteiger partial charge on any atom is -0.325 e. The maximum absolute atomic E-state index is 12.2. The van der Waals surface area contributed by atoms with Crippen LogP contribution in [0.3, 0.4) is 0 Å². The average Bonchev–Trinajstić information content (AvgIpc) is 2.39. The number of benzene rings is 1. The summed E-state index contributed by atoms with van der Waals surface area (Å²) in [7, 11) is 0. The van der Waals surface area contributed by atoms with Crippen molar-refractivity contribution >= 4 is 11.6 Å². The molecular formula is C15H22N2O. The monoisotopic (exact) mass is 246 g/mol. The van der Waals surface area contributed by atoms with Crippen molar-refractivity contribution in [2.45, 2.75) is 40.2 Å². The van der Waals surface area contributed by atoms with E-state index in [0.717, 1.165) is 31.6 Å². The third-order valence-electron chi connectivity index (χ3n) is 3.89. The van der Waals surface area contributed by atoms with Crippen molar-refractivity contribution in [1.82, 2.24) is 5.32 Å². The van der Waals surface area contributed by atoms with Crippen LogP contribution in [-0.4, -0.2) is 12.5 Å². The summed E-state index contributed by atoms with van der Waals surface area (Å²) in [5.41, 5.74) is 3.24. The number of rotatable bonds is 3. The second-order valence-corrected chi connectivity index (χ2v) is 5.56. The molecule has 1 heterocycles. The van der Waals surface area contributed by atoms with E-state index < -0.39 is 0 Å². The van der Waals surface area contributed by atoms with Crippen LogP contribution in [0.2, 0.25) is 0 Å². The summed E-state index contributed by atoms with van der Waals surface area (Å²) < 4.78 is 0. The molecule has 0 aliphatic carbocycles. The average molecular weight is 246 g/mol. The van der Waals surface area contributed by atoms with Gasteiger partial charge in [0, 0.05) is 17.6 Å². The van der Waals surface area contributed by atoms with E-state index in [2.05, 4.69) is 16.7 Å². The van der Waals surface area contributed by atoms with Crippen LogP contribution in [-0.2, 0) is 17.8 Å². The summed E-state index contributed by atoms with van der Waals surface area (Å²) in [4.78, 5) is 12.2. The van der Waals surface area contributed by atoms with E-state index in [0.29, 0.717) is 0 Å². The Balaban J connectivity index is 2.22. The normalized spacial score (nSPS) is 15.1. The zero-order chi connectivity index (χ0) is 13.2. The van der Waals surface area contributed by atoms with Crippen LogP contribution in [0, 0.1) is 5.41 Å². The number of hydrogen-bond donors (Lipinski definition) is 2. The summed E-state index contributed by atoms with van der Waals surface area (Å²) in [6.07, 6.45) is 1.88. The van der Waals surface area contributed by atoms with Crippen LogP contribution in [0.4, 0.5) is 5.69 Å². The number of hydrogen-bond acceptors (Lipinski definition) is 2. The first kappa shape index (κ1) is 13.1. The predicted molar refractivity (Wildman–Crippen MR) is 74.6 cm³/mol. The molecule has 0 radical (unpaired) electrons. The third kappa shape index (κ3) is 2.56. The molecule has 1 amide bonds. The van der Waals surface area contributed by atoms with Crippen LogP contribution < -0.4 is 10.6 Å². The van der Waals surface area contributed by atoms with Gasteiger partial charge in [-0.3, -0.25) is 4.79 Å². The number of amides is 1. The molecule has 0 fully saturated rings. The van der Waals surface area contributed by atoms with Gasteiger partial charge in [0.1, 0.15) is 0 Å². The van der Waals surface area contributed by atoms with E-state index in [1.54, 1.807) is 0 Å². The smallest absolute Gasteiger partial charge is 0.230 e. The van der Waals surface area contributed by atoms with Crippen molar-refractivity contribution in [1.29, 1.82) is 0 Å². The first-order chi connectivity index (χ1) is 8.54. The summed E-state index contributed by atoms with van der Waals surface area (Å²) in [6.45, 7) is 7.87. The largest absolute Gasteiger partial charge is 0.325 e. The highest BCUT2D eigenvalue weighted by Gasteiger charge is 2.26. The highest BCUT2D eigenvalue weighted by atomic mass is 16.2. The van der Waals surface area contributed by atoms with Gasteiger partial charge in [-0.1, -0.05) is 32.9 Å².